The van der Waals surface area contributed by atoms with E-state index in [0.29, 0.717) is 66.3 Å². The first-order valence-corrected chi connectivity index (χ1v) is 13.9. The van der Waals surface area contributed by atoms with E-state index in [2.05, 4.69) is 15.0 Å². The molecule has 0 spiro atoms. The number of nitrogens with zero attached hydrogens (tertiary/aromatic N) is 4. The molecule has 4 nitrogen and oxygen atoms in total. The van der Waals surface area contributed by atoms with Crippen molar-refractivity contribution in [2.75, 3.05) is 0 Å². The van der Waals surface area contributed by atoms with E-state index in [1.807, 2.05) is 0 Å². The lowest BCUT2D eigenvalue weighted by atomic mass is 10.00. The van der Waals surface area contributed by atoms with Crippen LogP contribution in [0, 0.1) is 29.7 Å². The Morgan fingerprint density at radius 1 is 0.521 bits per heavy atom. The summed E-state index contributed by atoms with van der Waals surface area (Å²) in [6.07, 6.45) is -8.05. The first kappa shape index (κ1) is 30.5. The number of hydrogen-bond acceptors (Lipinski definition) is 3. The number of halogens is 8. The average Bonchev–Trinajstić information content (AvgIpc) is 3.50. The summed E-state index contributed by atoms with van der Waals surface area (Å²) in [5.41, 5.74) is -1.98. The van der Waals surface area contributed by atoms with E-state index in [1.165, 1.54) is 12.1 Å². The van der Waals surface area contributed by atoms with Crippen LogP contribution in [0.4, 0.5) is 35.1 Å². The Bertz CT molecular complexity index is 2510. The van der Waals surface area contributed by atoms with Gasteiger partial charge in [0, 0.05) is 21.5 Å². The Labute approximate surface area is 264 Å². The normalized spacial score (nSPS) is 13.2. The number of hydrogen-bond donors (Lipinski definition) is 0. The molecule has 12 heteroatoms. The van der Waals surface area contributed by atoms with Gasteiger partial charge in [0.25, 0.3) is 0 Å². The Kier molecular flexibility index (Phi) is 6.81. The molecule has 7 aromatic carbocycles. The molecular weight excluding hydrogens is 640 g/mol. The Hall–Kier alpha value is -6.14. The van der Waals surface area contributed by atoms with Crippen LogP contribution in [0.15, 0.2) is 95.0 Å². The second-order valence-corrected chi connectivity index (χ2v) is 11.0. The van der Waals surface area contributed by atoms with E-state index in [0.717, 1.165) is 12.1 Å². The fourth-order valence-electron chi connectivity index (χ4n) is 6.21. The highest BCUT2D eigenvalue weighted by atomic mass is 19.4. The number of nitriles is 1. The summed E-state index contributed by atoms with van der Waals surface area (Å²) in [7, 11) is 0. The summed E-state index contributed by atoms with van der Waals surface area (Å²) in [5.74, 6) is -2.82. The van der Waals surface area contributed by atoms with Crippen LogP contribution in [0.3, 0.4) is 0 Å². The summed E-state index contributed by atoms with van der Waals surface area (Å²) in [4.78, 5) is 7.22. The van der Waals surface area contributed by atoms with Crippen LogP contribution >= 0.6 is 0 Å². The smallest absolute Gasteiger partial charge is 0.206 e. The lowest BCUT2D eigenvalue weighted by Crippen LogP contribution is -2.08. The zero-order valence-electron chi connectivity index (χ0n) is 23.9. The second kappa shape index (κ2) is 10.7. The van der Waals surface area contributed by atoms with Crippen LogP contribution in [0.5, 0.6) is 0 Å². The summed E-state index contributed by atoms with van der Waals surface area (Å²) >= 11 is 0. The Balaban J connectivity index is 1.48. The minimum Gasteiger partial charge on any atom is -0.206 e. The largest absolute Gasteiger partial charge is 0.419 e. The maximum Gasteiger partial charge on any atom is 0.419 e. The molecule has 7 rings (SSSR count). The van der Waals surface area contributed by atoms with Crippen LogP contribution in [-0.4, -0.2) is 0 Å². The average molecular weight is 655 g/mol. The van der Waals surface area contributed by atoms with Crippen molar-refractivity contribution in [2.24, 2.45) is 10.1 Å². The monoisotopic (exact) mass is 654 g/mol. The van der Waals surface area contributed by atoms with Gasteiger partial charge in [0.2, 0.25) is 6.19 Å². The molecule has 0 amide bonds. The first-order chi connectivity index (χ1) is 22.8. The van der Waals surface area contributed by atoms with Crippen molar-refractivity contribution in [3.63, 3.8) is 0 Å². The Morgan fingerprint density at radius 3 is 1.35 bits per heavy atom. The van der Waals surface area contributed by atoms with E-state index >= 15 is 0 Å². The number of fused-ring (bicyclic) bond motifs is 6. The van der Waals surface area contributed by atoms with Crippen molar-refractivity contribution in [3.8, 4) is 28.4 Å². The molecule has 0 saturated heterocycles. The summed E-state index contributed by atoms with van der Waals surface area (Å²) in [5, 5.41) is 18.4. The molecule has 0 aromatic heterocycles. The molecular formula is C36H14F8N4. The van der Waals surface area contributed by atoms with Crippen molar-refractivity contribution in [3.05, 3.63) is 130 Å². The molecule has 7 aromatic rings. The van der Waals surface area contributed by atoms with Crippen molar-refractivity contribution in [1.29, 1.82) is 5.26 Å². The molecule has 0 aliphatic heterocycles. The molecule has 0 aliphatic rings. The van der Waals surface area contributed by atoms with Gasteiger partial charge < -0.3 is 0 Å². The quantitative estimate of drug-likeness (QED) is 0.0793. The minimum absolute atomic E-state index is 0.0981. The van der Waals surface area contributed by atoms with Gasteiger partial charge in [-0.3, -0.25) is 0 Å². The highest BCUT2D eigenvalue weighted by Gasteiger charge is 2.35. The van der Waals surface area contributed by atoms with Crippen molar-refractivity contribution >= 4 is 43.1 Å². The van der Waals surface area contributed by atoms with Gasteiger partial charge in [-0.1, -0.05) is 36.4 Å². The maximum absolute atomic E-state index is 14.0. The standard InChI is InChI=1S/C36H14F8N4/c1-46-48-34-26-11-18(20-5-9-32(38)30(13-20)36(42,43)44)3-7-22(26)24-14-27-23(15-28(24)34)21-6-2-17(10-25(21)33(27)47-16-45)19-4-8-31(37)29(12-19)35(39,40)41/h2-15H/b47-33?,48-34+. The van der Waals surface area contributed by atoms with Gasteiger partial charge in [-0.2, -0.15) is 43.2 Å². The van der Waals surface area contributed by atoms with Crippen LogP contribution < -0.4 is 10.7 Å². The topological polar surface area (TPSA) is 52.9 Å². The predicted octanol–water partition coefficient (Wildman–Crippen LogP) is 9.94. The third kappa shape index (κ3) is 4.81. The fourth-order valence-corrected chi connectivity index (χ4v) is 6.21. The molecule has 0 atom stereocenters. The highest BCUT2D eigenvalue weighted by Crippen LogP contribution is 2.39. The molecule has 0 radical (unpaired) electrons. The maximum atomic E-state index is 14.0. The van der Waals surface area contributed by atoms with Gasteiger partial charge in [-0.15, -0.1) is 4.95 Å². The van der Waals surface area contributed by atoms with Crippen LogP contribution in [0.2, 0.25) is 0 Å². The zero-order valence-corrected chi connectivity index (χ0v) is 23.9. The van der Waals surface area contributed by atoms with Crippen LogP contribution in [0.25, 0.3) is 70.3 Å². The van der Waals surface area contributed by atoms with E-state index in [1.54, 1.807) is 54.7 Å². The molecule has 48 heavy (non-hydrogen) atoms. The van der Waals surface area contributed by atoms with E-state index in [4.69, 9.17) is 6.57 Å². The summed E-state index contributed by atoms with van der Waals surface area (Å²) in [6.45, 7) is 7.44. The third-order valence-electron chi connectivity index (χ3n) is 8.32. The van der Waals surface area contributed by atoms with Gasteiger partial charge >= 0.3 is 12.4 Å². The van der Waals surface area contributed by atoms with Crippen molar-refractivity contribution in [1.82, 2.24) is 0 Å². The van der Waals surface area contributed by atoms with Gasteiger partial charge in [-0.25, -0.2) is 8.78 Å². The molecule has 0 saturated carbocycles. The second-order valence-electron chi connectivity index (χ2n) is 11.0. The molecule has 0 fully saturated rings. The first-order valence-electron chi connectivity index (χ1n) is 13.9. The number of benzene rings is 5. The number of rotatable bonds is 2. The fraction of sp³-hybridized carbons (Fsp3) is 0.0556. The molecule has 0 heterocycles. The van der Waals surface area contributed by atoms with Crippen LogP contribution in [0.1, 0.15) is 11.1 Å². The van der Waals surface area contributed by atoms with E-state index in [9.17, 15) is 40.4 Å². The van der Waals surface area contributed by atoms with Crippen molar-refractivity contribution in [2.45, 2.75) is 12.4 Å². The number of alkyl halides is 6. The molecule has 234 valence electrons. The van der Waals surface area contributed by atoms with Crippen LogP contribution in [-0.2, 0) is 12.4 Å². The van der Waals surface area contributed by atoms with Gasteiger partial charge in [-0.05, 0) is 92.3 Å². The third-order valence-corrected chi connectivity index (χ3v) is 8.32. The van der Waals surface area contributed by atoms with Gasteiger partial charge in [0.1, 0.15) is 11.6 Å². The van der Waals surface area contributed by atoms with E-state index in [-0.39, 0.29) is 21.8 Å². The summed E-state index contributed by atoms with van der Waals surface area (Å²) < 4.78 is 108. The lowest BCUT2D eigenvalue weighted by Gasteiger charge is -2.10. The van der Waals surface area contributed by atoms with Gasteiger partial charge in [0.15, 0.2) is 5.36 Å². The lowest BCUT2D eigenvalue weighted by molar-refractivity contribution is -0.140. The Morgan fingerprint density at radius 2 is 0.917 bits per heavy atom. The van der Waals surface area contributed by atoms with E-state index < -0.39 is 35.1 Å². The predicted molar refractivity (Wildman–Crippen MR) is 163 cm³/mol. The van der Waals surface area contributed by atoms with Gasteiger partial charge in [0.05, 0.1) is 21.6 Å². The molecule has 0 unspecified atom stereocenters. The summed E-state index contributed by atoms with van der Waals surface area (Å²) in [6, 6.07) is 18.4. The molecule has 0 N–H and O–H groups in total. The molecule has 0 aliphatic carbocycles. The van der Waals surface area contributed by atoms with Crippen molar-refractivity contribution < 1.29 is 35.1 Å². The zero-order chi connectivity index (χ0) is 34.1. The molecule has 0 bridgehead atoms. The minimum atomic E-state index is -4.91. The SMILES string of the molecule is [C-]#[N+]/N=c1\c2cc(-c3ccc(F)c(C(F)(F)F)c3)ccc2c2cc3c(=NC#N)c4cc(-c5ccc(F)c(C(F)(F)F)c5)ccc4c3cc12. The highest BCUT2D eigenvalue weighted by molar-refractivity contribution is 6.21.